The summed E-state index contributed by atoms with van der Waals surface area (Å²) in [6, 6.07) is 3.31. The molecule has 0 spiro atoms. The van der Waals surface area contributed by atoms with Crippen molar-refractivity contribution in [3.63, 3.8) is 0 Å². The predicted molar refractivity (Wildman–Crippen MR) is 106 cm³/mol. The molecule has 1 fully saturated rings. The molecule has 3 rings (SSSR count). The van der Waals surface area contributed by atoms with E-state index in [1.165, 1.54) is 26.2 Å². The Labute approximate surface area is 173 Å². The van der Waals surface area contributed by atoms with Crippen molar-refractivity contribution in [1.82, 2.24) is 4.90 Å². The number of amides is 1. The second-order valence-corrected chi connectivity index (χ2v) is 7.01. The lowest BCUT2D eigenvalue weighted by molar-refractivity contribution is -0.159. The number of nitrogens with zero attached hydrogens (tertiary/aromatic N) is 1. The molecule has 0 aromatic heterocycles. The lowest BCUT2D eigenvalue weighted by Gasteiger charge is -2.24. The summed E-state index contributed by atoms with van der Waals surface area (Å²) >= 11 is 0. The Kier molecular flexibility index (Phi) is 8.60. The Morgan fingerprint density at radius 2 is 1.47 bits per heavy atom. The number of ketones is 1. The molecule has 0 aliphatic carbocycles. The van der Waals surface area contributed by atoms with Crippen LogP contribution in [0.2, 0.25) is 0 Å². The molecule has 164 valence electrons. The molecule has 1 aromatic rings. The van der Waals surface area contributed by atoms with Crippen LogP contribution in [0.25, 0.3) is 0 Å². The molecule has 3 N–H and O–H groups in total. The van der Waals surface area contributed by atoms with Crippen LogP contribution in [0.15, 0.2) is 12.1 Å². The summed E-state index contributed by atoms with van der Waals surface area (Å²) in [6.45, 7) is 3.87. The van der Waals surface area contributed by atoms with Crippen molar-refractivity contribution in [1.29, 1.82) is 0 Å². The number of carboxylic acid groups (broad SMARTS) is 2. The second kappa shape index (κ2) is 11.1. The number of hydrogen-bond acceptors (Lipinski definition) is 7. The number of benzene rings is 1. The first kappa shape index (κ1) is 23.1. The van der Waals surface area contributed by atoms with Crippen molar-refractivity contribution in [2.24, 2.45) is 0 Å². The number of anilines is 1. The number of fused-ring (bicyclic) bond motifs is 1. The monoisotopic (exact) mass is 422 g/mol. The highest BCUT2D eigenvalue weighted by molar-refractivity contribution is 6.27. The van der Waals surface area contributed by atoms with E-state index in [1.807, 2.05) is 0 Å². The van der Waals surface area contributed by atoms with Crippen LogP contribution in [0.4, 0.5) is 5.69 Å². The largest absolute Gasteiger partial charge is 0.473 e. The molecule has 2 heterocycles. The number of rotatable bonds is 4. The van der Waals surface area contributed by atoms with Crippen LogP contribution in [0, 0.1) is 0 Å². The normalized spacial score (nSPS) is 15.8. The minimum Gasteiger partial charge on any atom is -0.473 e. The fourth-order valence-electron chi connectivity index (χ4n) is 3.20. The number of likely N-dealkylation sites (tertiary alicyclic amines) is 1. The molecule has 1 saturated heterocycles. The number of aliphatic carboxylic acids is 2. The molecule has 2 aliphatic heterocycles. The maximum absolute atomic E-state index is 12.4. The second-order valence-electron chi connectivity index (χ2n) is 7.01. The fraction of sp³-hybridized carbons (Fsp3) is 0.500. The van der Waals surface area contributed by atoms with E-state index in [0.29, 0.717) is 29.3 Å². The topological polar surface area (TPSA) is 142 Å². The van der Waals surface area contributed by atoms with E-state index in [-0.39, 0.29) is 18.5 Å². The summed E-state index contributed by atoms with van der Waals surface area (Å²) in [5.41, 5.74) is 0.934. The van der Waals surface area contributed by atoms with Crippen molar-refractivity contribution >= 4 is 29.3 Å². The number of Topliss-reactive ketones (excluding diaryl/α,β-unsaturated/α-hetero) is 1. The van der Waals surface area contributed by atoms with Crippen molar-refractivity contribution in [2.75, 3.05) is 31.7 Å². The van der Waals surface area contributed by atoms with Crippen LogP contribution in [0.5, 0.6) is 11.5 Å². The Bertz CT molecular complexity index is 788. The highest BCUT2D eigenvalue weighted by Gasteiger charge is 2.21. The van der Waals surface area contributed by atoms with Crippen LogP contribution < -0.4 is 14.8 Å². The van der Waals surface area contributed by atoms with E-state index in [9.17, 15) is 9.59 Å². The zero-order valence-electron chi connectivity index (χ0n) is 16.8. The predicted octanol–water partition coefficient (Wildman–Crippen LogP) is 1.98. The Hall–Kier alpha value is -3.14. The van der Waals surface area contributed by atoms with Gasteiger partial charge in [0, 0.05) is 11.6 Å². The molecule has 0 saturated carbocycles. The van der Waals surface area contributed by atoms with Crippen LogP contribution in [-0.2, 0) is 14.4 Å². The molecule has 10 heteroatoms. The highest BCUT2D eigenvalue weighted by Crippen LogP contribution is 2.37. The average Bonchev–Trinajstić information content (AvgIpc) is 3.10. The lowest BCUT2D eigenvalue weighted by atomic mass is 10.1. The van der Waals surface area contributed by atoms with Gasteiger partial charge in [-0.15, -0.1) is 0 Å². The zero-order valence-corrected chi connectivity index (χ0v) is 16.8. The van der Waals surface area contributed by atoms with Crippen LogP contribution >= 0.6 is 0 Å². The van der Waals surface area contributed by atoms with E-state index in [2.05, 4.69) is 10.2 Å². The van der Waals surface area contributed by atoms with Gasteiger partial charge in [-0.3, -0.25) is 14.5 Å². The Morgan fingerprint density at radius 1 is 0.933 bits per heavy atom. The summed E-state index contributed by atoms with van der Waals surface area (Å²) in [6.07, 6.45) is 6.02. The van der Waals surface area contributed by atoms with Crippen molar-refractivity contribution < 1.29 is 38.9 Å². The smallest absolute Gasteiger partial charge is 0.414 e. The van der Waals surface area contributed by atoms with Crippen LogP contribution in [0.3, 0.4) is 0 Å². The molecular formula is C20H26N2O8. The van der Waals surface area contributed by atoms with E-state index in [0.717, 1.165) is 25.9 Å². The zero-order chi connectivity index (χ0) is 22.1. The van der Waals surface area contributed by atoms with Gasteiger partial charge < -0.3 is 25.0 Å². The van der Waals surface area contributed by atoms with Gasteiger partial charge in [0.05, 0.1) is 12.2 Å². The van der Waals surface area contributed by atoms with Crippen molar-refractivity contribution in [3.8, 4) is 11.5 Å². The van der Waals surface area contributed by atoms with Gasteiger partial charge in [-0.25, -0.2) is 9.59 Å². The number of ether oxygens (including phenoxy) is 2. The number of carbonyl (C=O) groups excluding carboxylic acids is 2. The first-order valence-corrected chi connectivity index (χ1v) is 9.71. The van der Waals surface area contributed by atoms with Crippen LogP contribution in [-0.4, -0.2) is 65.2 Å². The summed E-state index contributed by atoms with van der Waals surface area (Å²) in [5.74, 6) is -2.76. The molecule has 0 bridgehead atoms. The maximum atomic E-state index is 12.4. The van der Waals surface area contributed by atoms with Gasteiger partial charge in [0.1, 0.15) is 0 Å². The van der Waals surface area contributed by atoms with Crippen molar-refractivity contribution in [2.45, 2.75) is 39.0 Å². The number of hydrogen-bond donors (Lipinski definition) is 3. The molecule has 0 atom stereocenters. The molecule has 10 nitrogen and oxygen atoms in total. The standard InChI is InChI=1S/C18H24N2O4.C2H2O4/c1-13(21)14-9-16-17(24-12-23-16)10-15(14)19-18(22)11-20-7-5-3-2-4-6-8-20;3-1(4)2(5)6/h9-10H,2-8,11-12H2,1H3,(H,19,22);(H,3,4)(H,5,6). The molecule has 1 amide bonds. The number of carbonyl (C=O) groups is 4. The third kappa shape index (κ3) is 7.03. The molecule has 0 radical (unpaired) electrons. The molecular weight excluding hydrogens is 396 g/mol. The first-order valence-electron chi connectivity index (χ1n) is 9.71. The van der Waals surface area contributed by atoms with Gasteiger partial charge in [-0.1, -0.05) is 19.3 Å². The van der Waals surface area contributed by atoms with E-state index >= 15 is 0 Å². The first-order chi connectivity index (χ1) is 14.3. The number of carboxylic acids is 2. The molecule has 1 aromatic carbocycles. The van der Waals surface area contributed by atoms with E-state index in [4.69, 9.17) is 29.3 Å². The van der Waals surface area contributed by atoms with Gasteiger partial charge in [-0.2, -0.15) is 0 Å². The van der Waals surface area contributed by atoms with Gasteiger partial charge in [-0.05, 0) is 38.9 Å². The Morgan fingerprint density at radius 3 is 2.00 bits per heavy atom. The summed E-state index contributed by atoms with van der Waals surface area (Å²) < 4.78 is 10.6. The fourth-order valence-corrected chi connectivity index (χ4v) is 3.20. The SMILES string of the molecule is CC(=O)c1cc2c(cc1NC(=O)CN1CCCCCCC1)OCO2.O=C(O)C(=O)O. The molecule has 2 aliphatic rings. The number of nitrogens with one attached hydrogen (secondary N) is 1. The minimum absolute atomic E-state index is 0.100. The van der Waals surface area contributed by atoms with E-state index < -0.39 is 11.9 Å². The van der Waals surface area contributed by atoms with Crippen molar-refractivity contribution in [3.05, 3.63) is 17.7 Å². The Balaban J connectivity index is 0.000000469. The minimum atomic E-state index is -1.82. The van der Waals surface area contributed by atoms with Gasteiger partial charge in [0.25, 0.3) is 0 Å². The maximum Gasteiger partial charge on any atom is 0.414 e. The van der Waals surface area contributed by atoms with Gasteiger partial charge >= 0.3 is 11.9 Å². The quantitative estimate of drug-likeness (QED) is 0.490. The summed E-state index contributed by atoms with van der Waals surface area (Å²) in [4.78, 5) is 44.7. The molecule has 30 heavy (non-hydrogen) atoms. The average molecular weight is 422 g/mol. The van der Waals surface area contributed by atoms with Gasteiger partial charge in [0.15, 0.2) is 17.3 Å². The van der Waals surface area contributed by atoms with E-state index in [1.54, 1.807) is 12.1 Å². The third-order valence-electron chi connectivity index (χ3n) is 4.66. The third-order valence-corrected chi connectivity index (χ3v) is 4.66. The highest BCUT2D eigenvalue weighted by atomic mass is 16.7. The molecule has 0 unspecified atom stereocenters. The van der Waals surface area contributed by atoms with Gasteiger partial charge in [0.2, 0.25) is 12.7 Å². The summed E-state index contributed by atoms with van der Waals surface area (Å²) in [5, 5.41) is 17.7. The summed E-state index contributed by atoms with van der Waals surface area (Å²) in [7, 11) is 0. The lowest BCUT2D eigenvalue weighted by Crippen LogP contribution is -2.35. The van der Waals surface area contributed by atoms with Crippen LogP contribution in [0.1, 0.15) is 49.4 Å².